The van der Waals surface area contributed by atoms with Gasteiger partial charge < -0.3 is 9.84 Å². The summed E-state index contributed by atoms with van der Waals surface area (Å²) in [7, 11) is 1.52. The van der Waals surface area contributed by atoms with Crippen LogP contribution in [-0.4, -0.2) is 24.8 Å². The van der Waals surface area contributed by atoms with E-state index in [4.69, 9.17) is 4.74 Å². The number of aliphatic hydroxyl groups is 1. The Bertz CT molecular complexity index is 525. The molecule has 0 spiro atoms. The number of aliphatic hydroxyl groups excluding tert-OH is 1. The van der Waals surface area contributed by atoms with Crippen LogP contribution in [0.4, 0.5) is 0 Å². The molecular weight excluding hydrogens is 288 g/mol. The highest BCUT2D eigenvalue weighted by Crippen LogP contribution is 2.65. The average molecular weight is 320 g/mol. The monoisotopic (exact) mass is 320 g/mol. The van der Waals surface area contributed by atoms with Gasteiger partial charge in [0, 0.05) is 6.61 Å². The zero-order valence-corrected chi connectivity index (χ0v) is 15.2. The molecule has 2 saturated carbocycles. The molecule has 3 heteroatoms. The number of carbonyl (C=O) groups is 1. The molecule has 23 heavy (non-hydrogen) atoms. The maximum atomic E-state index is 12.5. The zero-order chi connectivity index (χ0) is 16.9. The van der Waals surface area contributed by atoms with Crippen LogP contribution in [-0.2, 0) is 9.53 Å². The van der Waals surface area contributed by atoms with E-state index in [0.29, 0.717) is 11.8 Å². The Balaban J connectivity index is 2.01. The van der Waals surface area contributed by atoms with E-state index >= 15 is 0 Å². The van der Waals surface area contributed by atoms with E-state index in [1.165, 1.54) is 12.7 Å². The van der Waals surface area contributed by atoms with Gasteiger partial charge in [0.05, 0.1) is 12.5 Å². The second-order valence-corrected chi connectivity index (χ2v) is 8.87. The van der Waals surface area contributed by atoms with E-state index < -0.39 is 0 Å². The molecule has 3 nitrogen and oxygen atoms in total. The Morgan fingerprint density at radius 3 is 2.65 bits per heavy atom. The van der Waals surface area contributed by atoms with Crippen LogP contribution in [0.3, 0.4) is 0 Å². The van der Waals surface area contributed by atoms with Crippen LogP contribution in [0, 0.1) is 28.1 Å². The standard InChI is InChI=1S/C20H32O3/c1-18(13-21)10-5-7-15-14(18)8-9-16-19(15,2)11-6-12-20(16,3)17(22)23-4/h7,14,16,21H,5-6,8-13H2,1-4H3/t14-,16+,18-,19+,20-/m1/s1. The van der Waals surface area contributed by atoms with E-state index in [-0.39, 0.29) is 28.8 Å². The van der Waals surface area contributed by atoms with Gasteiger partial charge in [-0.15, -0.1) is 0 Å². The molecular formula is C20H32O3. The van der Waals surface area contributed by atoms with Crippen molar-refractivity contribution < 1.29 is 14.6 Å². The highest BCUT2D eigenvalue weighted by atomic mass is 16.5. The summed E-state index contributed by atoms with van der Waals surface area (Å²) in [6, 6.07) is 0. The fourth-order valence-electron chi connectivity index (χ4n) is 6.24. The maximum Gasteiger partial charge on any atom is 0.311 e. The first-order valence-corrected chi connectivity index (χ1v) is 9.22. The van der Waals surface area contributed by atoms with Crippen molar-refractivity contribution in [2.75, 3.05) is 13.7 Å². The minimum absolute atomic E-state index is 0.0111. The smallest absolute Gasteiger partial charge is 0.311 e. The summed E-state index contributed by atoms with van der Waals surface area (Å²) >= 11 is 0. The van der Waals surface area contributed by atoms with E-state index in [0.717, 1.165) is 44.9 Å². The van der Waals surface area contributed by atoms with Crippen LogP contribution < -0.4 is 0 Å². The molecule has 3 aliphatic carbocycles. The molecule has 3 rings (SSSR count). The lowest BCUT2D eigenvalue weighted by Gasteiger charge is -2.59. The van der Waals surface area contributed by atoms with Gasteiger partial charge in [-0.25, -0.2) is 0 Å². The second kappa shape index (κ2) is 5.61. The number of hydrogen-bond donors (Lipinski definition) is 1. The summed E-state index contributed by atoms with van der Waals surface area (Å²) in [5, 5.41) is 10.00. The second-order valence-electron chi connectivity index (χ2n) is 8.87. The maximum absolute atomic E-state index is 12.5. The van der Waals surface area contributed by atoms with Gasteiger partial charge in [-0.1, -0.05) is 31.9 Å². The van der Waals surface area contributed by atoms with Crippen LogP contribution in [0.25, 0.3) is 0 Å². The summed E-state index contributed by atoms with van der Waals surface area (Å²) in [5.41, 5.74) is 1.27. The molecule has 0 aromatic carbocycles. The van der Waals surface area contributed by atoms with Crippen molar-refractivity contribution in [3.8, 4) is 0 Å². The first kappa shape index (κ1) is 17.0. The van der Waals surface area contributed by atoms with Gasteiger partial charge >= 0.3 is 5.97 Å². The molecule has 0 aliphatic heterocycles. The van der Waals surface area contributed by atoms with Gasteiger partial charge in [0.25, 0.3) is 0 Å². The molecule has 0 radical (unpaired) electrons. The molecule has 0 amide bonds. The fraction of sp³-hybridized carbons (Fsp3) is 0.850. The third-order valence-corrected chi connectivity index (χ3v) is 7.64. The van der Waals surface area contributed by atoms with Crippen LogP contribution >= 0.6 is 0 Å². The fourth-order valence-corrected chi connectivity index (χ4v) is 6.24. The Hall–Kier alpha value is -0.830. The molecule has 0 aromatic rings. The van der Waals surface area contributed by atoms with Crippen molar-refractivity contribution in [2.24, 2.45) is 28.1 Å². The van der Waals surface area contributed by atoms with Crippen molar-refractivity contribution in [3.63, 3.8) is 0 Å². The van der Waals surface area contributed by atoms with Crippen LogP contribution in [0.15, 0.2) is 11.6 Å². The number of hydrogen-bond acceptors (Lipinski definition) is 3. The van der Waals surface area contributed by atoms with Crippen molar-refractivity contribution in [1.82, 2.24) is 0 Å². The normalized spacial score (nSPS) is 46.4. The first-order valence-electron chi connectivity index (χ1n) is 9.22. The van der Waals surface area contributed by atoms with Gasteiger partial charge in [-0.3, -0.25) is 4.79 Å². The number of ether oxygens (including phenoxy) is 1. The molecule has 5 atom stereocenters. The molecule has 130 valence electrons. The third kappa shape index (κ3) is 2.30. The Labute approximate surface area is 140 Å². The summed E-state index contributed by atoms with van der Waals surface area (Å²) in [6.07, 6.45) is 9.92. The number of allylic oxidation sites excluding steroid dienone is 2. The SMILES string of the molecule is COC(=O)[C@]1(C)CCC[C@@]2(C)C3=CCC[C@](C)(CO)[C@@H]3CC[C@H]12. The predicted molar refractivity (Wildman–Crippen MR) is 90.8 cm³/mol. The minimum atomic E-state index is -0.360. The quantitative estimate of drug-likeness (QED) is 0.615. The first-order chi connectivity index (χ1) is 10.8. The van der Waals surface area contributed by atoms with Crippen LogP contribution in [0.1, 0.15) is 65.7 Å². The highest BCUT2D eigenvalue weighted by Gasteiger charge is 2.59. The van der Waals surface area contributed by atoms with Gasteiger partial charge in [0.2, 0.25) is 0 Å². The van der Waals surface area contributed by atoms with Crippen LogP contribution in [0.2, 0.25) is 0 Å². The largest absolute Gasteiger partial charge is 0.469 e. The predicted octanol–water partition coefficient (Wildman–Crippen LogP) is 4.10. The minimum Gasteiger partial charge on any atom is -0.469 e. The van der Waals surface area contributed by atoms with E-state index in [2.05, 4.69) is 26.8 Å². The molecule has 0 heterocycles. The molecule has 0 saturated heterocycles. The van der Waals surface area contributed by atoms with Crippen molar-refractivity contribution >= 4 is 5.97 Å². The molecule has 1 N–H and O–H groups in total. The summed E-state index contributed by atoms with van der Waals surface area (Å²) < 4.78 is 5.19. The van der Waals surface area contributed by atoms with Gasteiger partial charge in [-0.05, 0) is 68.1 Å². The lowest BCUT2D eigenvalue weighted by atomic mass is 9.44. The summed E-state index contributed by atoms with van der Waals surface area (Å²) in [5.74, 6) is 0.801. The molecule has 2 fully saturated rings. The van der Waals surface area contributed by atoms with Crippen LogP contribution in [0.5, 0.6) is 0 Å². The number of methoxy groups -OCH3 is 1. The third-order valence-electron chi connectivity index (χ3n) is 7.64. The number of fused-ring (bicyclic) bond motifs is 3. The molecule has 3 aliphatic rings. The van der Waals surface area contributed by atoms with Gasteiger partial charge in [-0.2, -0.15) is 0 Å². The zero-order valence-electron chi connectivity index (χ0n) is 15.2. The Morgan fingerprint density at radius 1 is 1.26 bits per heavy atom. The topological polar surface area (TPSA) is 46.5 Å². The number of esters is 1. The molecule has 0 bridgehead atoms. The Kier molecular flexibility index (Phi) is 4.15. The van der Waals surface area contributed by atoms with E-state index in [1.807, 2.05) is 0 Å². The Morgan fingerprint density at radius 2 is 2.00 bits per heavy atom. The molecule has 0 aromatic heterocycles. The number of rotatable bonds is 2. The number of carbonyl (C=O) groups excluding carboxylic acids is 1. The van der Waals surface area contributed by atoms with Crippen molar-refractivity contribution in [1.29, 1.82) is 0 Å². The lowest BCUT2D eigenvalue weighted by molar-refractivity contribution is -0.165. The lowest BCUT2D eigenvalue weighted by Crippen LogP contribution is -2.54. The van der Waals surface area contributed by atoms with Crippen molar-refractivity contribution in [3.05, 3.63) is 11.6 Å². The highest BCUT2D eigenvalue weighted by molar-refractivity contribution is 5.77. The summed E-state index contributed by atoms with van der Waals surface area (Å²) in [4.78, 5) is 12.5. The summed E-state index contributed by atoms with van der Waals surface area (Å²) in [6.45, 7) is 7.01. The molecule has 0 unspecified atom stereocenters. The van der Waals surface area contributed by atoms with E-state index in [1.54, 1.807) is 0 Å². The van der Waals surface area contributed by atoms with Gasteiger partial charge in [0.1, 0.15) is 0 Å². The van der Waals surface area contributed by atoms with E-state index in [9.17, 15) is 9.90 Å². The van der Waals surface area contributed by atoms with Crippen molar-refractivity contribution in [2.45, 2.75) is 65.7 Å². The average Bonchev–Trinajstić information content (AvgIpc) is 2.54. The van der Waals surface area contributed by atoms with Gasteiger partial charge in [0.15, 0.2) is 0 Å².